The number of hydrogen-bond donors (Lipinski definition) is 0. The molecule has 0 atom stereocenters. The molecule has 1 heterocycles. The van der Waals surface area contributed by atoms with Gasteiger partial charge in [0, 0.05) is 0 Å². The van der Waals surface area contributed by atoms with E-state index in [1.54, 1.807) is 13.8 Å². The maximum Gasteiger partial charge on any atom is 0.147 e. The van der Waals surface area contributed by atoms with Gasteiger partial charge >= 0.3 is 0 Å². The van der Waals surface area contributed by atoms with E-state index in [-0.39, 0.29) is 13.2 Å². The Balaban J connectivity index is 2.75. The molecule has 0 aromatic carbocycles. The van der Waals surface area contributed by atoms with E-state index < -0.39 is 0 Å². The Bertz CT molecular complexity index is 330. The van der Waals surface area contributed by atoms with E-state index in [2.05, 4.69) is 0 Å². The van der Waals surface area contributed by atoms with Crippen molar-refractivity contribution in [2.45, 2.75) is 13.8 Å². The van der Waals surface area contributed by atoms with Crippen LogP contribution in [0.5, 0.6) is 0 Å². The van der Waals surface area contributed by atoms with Crippen LogP contribution in [-0.4, -0.2) is 13.2 Å². The molecule has 1 aliphatic heterocycles. The summed E-state index contributed by atoms with van der Waals surface area (Å²) < 4.78 is 10.6. The van der Waals surface area contributed by atoms with Crippen molar-refractivity contribution < 1.29 is 9.47 Å². The second-order valence-electron chi connectivity index (χ2n) is 2.90. The summed E-state index contributed by atoms with van der Waals surface area (Å²) in [5, 5.41) is 17.2. The molecule has 1 rings (SSSR count). The van der Waals surface area contributed by atoms with E-state index in [0.717, 1.165) is 0 Å². The highest BCUT2D eigenvalue weighted by Gasteiger charge is 2.16. The summed E-state index contributed by atoms with van der Waals surface area (Å²) in [6, 6.07) is 3.97. The lowest BCUT2D eigenvalue weighted by Gasteiger charge is -2.21. The van der Waals surface area contributed by atoms with Crippen molar-refractivity contribution in [3.8, 4) is 12.1 Å². The van der Waals surface area contributed by atoms with Crippen molar-refractivity contribution in [1.82, 2.24) is 0 Å². The minimum Gasteiger partial charge on any atom is -0.485 e. The Kier molecular flexibility index (Phi) is 3.14. The van der Waals surface area contributed by atoms with Crippen molar-refractivity contribution in [3.63, 3.8) is 0 Å². The summed E-state index contributed by atoms with van der Waals surface area (Å²) >= 11 is 0. The van der Waals surface area contributed by atoms with Crippen LogP contribution >= 0.6 is 0 Å². The predicted molar refractivity (Wildman–Crippen MR) is 48.5 cm³/mol. The number of allylic oxidation sites excluding steroid dienone is 2. The van der Waals surface area contributed by atoms with Gasteiger partial charge in [0.05, 0.1) is 23.3 Å². The van der Waals surface area contributed by atoms with Crippen LogP contribution in [0.3, 0.4) is 0 Å². The number of hydrogen-bond acceptors (Lipinski definition) is 4. The zero-order chi connectivity index (χ0) is 10.6. The molecule has 0 aromatic rings. The van der Waals surface area contributed by atoms with Crippen LogP contribution in [-0.2, 0) is 9.47 Å². The lowest BCUT2D eigenvalue weighted by Crippen LogP contribution is -2.16. The van der Waals surface area contributed by atoms with Crippen molar-refractivity contribution >= 4 is 0 Å². The molecule has 1 saturated heterocycles. The smallest absolute Gasteiger partial charge is 0.147 e. The summed E-state index contributed by atoms with van der Waals surface area (Å²) in [5.41, 5.74) is 1.03. The molecule has 4 heteroatoms. The third-order valence-electron chi connectivity index (χ3n) is 1.93. The predicted octanol–water partition coefficient (Wildman–Crippen LogP) is 1.63. The number of nitrogens with zero attached hydrogens (tertiary/aromatic N) is 2. The second kappa shape index (κ2) is 4.34. The van der Waals surface area contributed by atoms with E-state index in [0.29, 0.717) is 22.7 Å². The van der Waals surface area contributed by atoms with Crippen molar-refractivity contribution in [3.05, 3.63) is 22.7 Å². The average Bonchev–Trinajstić information content (AvgIpc) is 2.27. The third-order valence-corrected chi connectivity index (χ3v) is 1.93. The molecule has 0 saturated carbocycles. The van der Waals surface area contributed by atoms with Gasteiger partial charge in [-0.05, 0) is 13.8 Å². The Morgan fingerprint density at radius 2 is 1.36 bits per heavy atom. The van der Waals surface area contributed by atoms with Crippen LogP contribution < -0.4 is 0 Å². The average molecular weight is 190 g/mol. The summed E-state index contributed by atoms with van der Waals surface area (Å²) in [7, 11) is 0. The molecule has 0 aliphatic carbocycles. The molecule has 1 fully saturated rings. The van der Waals surface area contributed by atoms with E-state index in [1.165, 1.54) is 0 Å². The minimum absolute atomic E-state index is 0.230. The fraction of sp³-hybridized carbons (Fsp3) is 0.400. The van der Waals surface area contributed by atoms with Gasteiger partial charge in [-0.2, -0.15) is 10.5 Å². The van der Waals surface area contributed by atoms with Crippen molar-refractivity contribution in [1.29, 1.82) is 10.5 Å². The Labute approximate surface area is 82.7 Å². The van der Waals surface area contributed by atoms with E-state index >= 15 is 0 Å². The normalized spacial score (nSPS) is 22.3. The summed E-state index contributed by atoms with van der Waals surface area (Å²) in [4.78, 5) is 0. The van der Waals surface area contributed by atoms with Gasteiger partial charge in [0.1, 0.15) is 24.7 Å². The molecule has 0 spiro atoms. The van der Waals surface area contributed by atoms with Crippen LogP contribution in [0, 0.1) is 22.7 Å². The Hall–Kier alpha value is -1.94. The number of ether oxygens (including phenoxy) is 2. The first-order chi connectivity index (χ1) is 6.69. The Morgan fingerprint density at radius 1 is 1.00 bits per heavy atom. The highest BCUT2D eigenvalue weighted by atomic mass is 16.6. The molecule has 0 amide bonds. The quantitative estimate of drug-likeness (QED) is 0.544. The molecule has 14 heavy (non-hydrogen) atoms. The lowest BCUT2D eigenvalue weighted by atomic mass is 10.2. The first-order valence-electron chi connectivity index (χ1n) is 4.14. The van der Waals surface area contributed by atoms with Gasteiger partial charge in [-0.3, -0.25) is 0 Å². The molecule has 4 nitrogen and oxygen atoms in total. The molecular formula is C10H10N2O2. The molecule has 72 valence electrons. The number of nitriles is 2. The van der Waals surface area contributed by atoms with Crippen molar-refractivity contribution in [2.75, 3.05) is 13.2 Å². The molecule has 0 N–H and O–H groups in total. The van der Waals surface area contributed by atoms with Gasteiger partial charge in [-0.15, -0.1) is 0 Å². The molecule has 0 radical (unpaired) electrons. The van der Waals surface area contributed by atoms with Crippen LogP contribution in [0.1, 0.15) is 13.8 Å². The zero-order valence-electron chi connectivity index (χ0n) is 8.13. The summed E-state index contributed by atoms with van der Waals surface area (Å²) in [6.45, 7) is 3.80. The topological polar surface area (TPSA) is 66.0 Å². The zero-order valence-corrected chi connectivity index (χ0v) is 8.13. The molecule has 1 aliphatic rings. The minimum atomic E-state index is 0.230. The Morgan fingerprint density at radius 3 is 1.57 bits per heavy atom. The standard InChI is InChI=1S/C10H10N2O2/c1-7(3-11)9-5-14-10(6-13-9)8(2)4-12/h5-6H2,1-2H3/b9-7+,10-8+. The highest BCUT2D eigenvalue weighted by molar-refractivity contribution is 5.27. The van der Waals surface area contributed by atoms with E-state index in [4.69, 9.17) is 20.0 Å². The van der Waals surface area contributed by atoms with Gasteiger partial charge in [0.2, 0.25) is 0 Å². The molecular weight excluding hydrogens is 180 g/mol. The fourth-order valence-electron chi connectivity index (χ4n) is 0.946. The van der Waals surface area contributed by atoms with E-state index in [9.17, 15) is 0 Å². The van der Waals surface area contributed by atoms with Gasteiger partial charge < -0.3 is 9.47 Å². The van der Waals surface area contributed by atoms with Gasteiger partial charge in [0.25, 0.3) is 0 Å². The largest absolute Gasteiger partial charge is 0.485 e. The second-order valence-corrected chi connectivity index (χ2v) is 2.90. The van der Waals surface area contributed by atoms with Crippen LogP contribution in [0.15, 0.2) is 22.7 Å². The SMILES string of the molecule is C/C(C#N)=C1/CO/C(=C(\C)C#N)CO1. The third kappa shape index (κ3) is 2.05. The molecule has 0 unspecified atom stereocenters. The monoisotopic (exact) mass is 190 g/mol. The fourth-order valence-corrected chi connectivity index (χ4v) is 0.946. The van der Waals surface area contributed by atoms with Crippen LogP contribution in [0.4, 0.5) is 0 Å². The maximum absolute atomic E-state index is 8.60. The first kappa shape index (κ1) is 10.1. The lowest BCUT2D eigenvalue weighted by molar-refractivity contribution is 0.0643. The van der Waals surface area contributed by atoms with Gasteiger partial charge in [-0.25, -0.2) is 0 Å². The van der Waals surface area contributed by atoms with Crippen molar-refractivity contribution in [2.24, 2.45) is 0 Å². The first-order valence-corrected chi connectivity index (χ1v) is 4.14. The van der Waals surface area contributed by atoms with Crippen LogP contribution in [0.2, 0.25) is 0 Å². The van der Waals surface area contributed by atoms with Crippen LogP contribution in [0.25, 0.3) is 0 Å². The molecule has 0 aromatic heterocycles. The maximum atomic E-state index is 8.60. The number of rotatable bonds is 0. The molecule has 0 bridgehead atoms. The van der Waals surface area contributed by atoms with E-state index in [1.807, 2.05) is 12.1 Å². The highest BCUT2D eigenvalue weighted by Crippen LogP contribution is 2.18. The summed E-state index contributed by atoms with van der Waals surface area (Å²) in [6.07, 6.45) is 0. The van der Waals surface area contributed by atoms with Gasteiger partial charge in [0.15, 0.2) is 0 Å². The summed E-state index contributed by atoms with van der Waals surface area (Å²) in [5.74, 6) is 1.09. The van der Waals surface area contributed by atoms with Gasteiger partial charge in [-0.1, -0.05) is 0 Å².